The molecule has 0 fully saturated rings. The first-order chi connectivity index (χ1) is 14.1. The Labute approximate surface area is 179 Å². The van der Waals surface area contributed by atoms with E-state index in [0.29, 0.717) is 12.4 Å². The van der Waals surface area contributed by atoms with Crippen LogP contribution in [0.1, 0.15) is 20.7 Å². The van der Waals surface area contributed by atoms with Crippen LogP contribution in [-0.4, -0.2) is 45.1 Å². The third kappa shape index (κ3) is 2.84. The summed E-state index contributed by atoms with van der Waals surface area (Å²) >= 11 is 6.16. The monoisotopic (exact) mass is 471 g/mol. The van der Waals surface area contributed by atoms with Crippen LogP contribution in [0, 0.1) is 0 Å². The molecule has 0 bridgehead atoms. The zero-order valence-corrected chi connectivity index (χ0v) is 18.2. The summed E-state index contributed by atoms with van der Waals surface area (Å²) in [5.74, 6) is 1.44. The zero-order chi connectivity index (χ0) is 20.1. The van der Waals surface area contributed by atoms with Gasteiger partial charge in [0.25, 0.3) is 0 Å². The molecule has 1 N–H and O–H groups in total. The standard InChI is InChI=1S/C23H18ClNO3Se/c1-28-19-8-4-5-13-9-20(29-22(13)19)23(27)25-12-14(11-24)21-16-7-3-2-6-15(16)18(26)10-17(21)25/h2-10,14,26H,11-12H2,1H3/t14-/m1/s1. The molecule has 0 saturated heterocycles. The van der Waals surface area contributed by atoms with Crippen molar-refractivity contribution in [3.8, 4) is 11.5 Å². The third-order valence-corrected chi connectivity index (χ3v) is 8.31. The van der Waals surface area contributed by atoms with E-state index in [9.17, 15) is 9.90 Å². The van der Waals surface area contributed by atoms with E-state index in [0.717, 1.165) is 41.9 Å². The summed E-state index contributed by atoms with van der Waals surface area (Å²) in [5.41, 5.74) is 1.81. The van der Waals surface area contributed by atoms with Gasteiger partial charge in [-0.15, -0.1) is 0 Å². The fourth-order valence-electron chi connectivity index (χ4n) is 4.18. The number of alkyl halides is 1. The first-order valence-electron chi connectivity index (χ1n) is 9.31. The van der Waals surface area contributed by atoms with Gasteiger partial charge in [-0.2, -0.15) is 0 Å². The number of hydrogen-bond acceptors (Lipinski definition) is 3. The van der Waals surface area contributed by atoms with Gasteiger partial charge in [-0.1, -0.05) is 0 Å². The van der Waals surface area contributed by atoms with Crippen LogP contribution in [0.3, 0.4) is 0 Å². The Morgan fingerprint density at radius 3 is 2.76 bits per heavy atom. The second kappa shape index (κ2) is 7.10. The third-order valence-electron chi connectivity index (χ3n) is 5.51. The number of benzene rings is 3. The van der Waals surface area contributed by atoms with Gasteiger partial charge in [-0.25, -0.2) is 0 Å². The molecule has 0 unspecified atom stereocenters. The molecule has 1 aromatic heterocycles. The molecule has 5 rings (SSSR count). The molecule has 4 nitrogen and oxygen atoms in total. The number of methoxy groups -OCH3 is 1. The number of phenols is 1. The van der Waals surface area contributed by atoms with Gasteiger partial charge in [0.05, 0.1) is 0 Å². The molecule has 1 aliphatic heterocycles. The van der Waals surface area contributed by atoms with Crippen LogP contribution in [-0.2, 0) is 0 Å². The number of hydrogen-bond donors (Lipinski definition) is 1. The second-order valence-electron chi connectivity index (χ2n) is 7.13. The summed E-state index contributed by atoms with van der Waals surface area (Å²) in [6.07, 6.45) is 0. The maximum absolute atomic E-state index is 13.5. The van der Waals surface area contributed by atoms with Gasteiger partial charge >= 0.3 is 179 Å². The Morgan fingerprint density at radius 1 is 1.21 bits per heavy atom. The zero-order valence-electron chi connectivity index (χ0n) is 15.7. The SMILES string of the molecule is COc1cccc2cc(C(=O)N3C[C@@H](CCl)c4c3cc(O)c3ccccc43)[se]c12. The molecule has 3 aromatic carbocycles. The number of carbonyl (C=O) groups excluding carboxylic acids is 1. The molecule has 146 valence electrons. The number of fused-ring (bicyclic) bond motifs is 4. The number of phenolic OH excluding ortho intramolecular Hbond substituents is 1. The minimum absolute atomic E-state index is 0.0215. The van der Waals surface area contributed by atoms with Crippen LogP contribution in [0.2, 0.25) is 0 Å². The topological polar surface area (TPSA) is 49.8 Å². The summed E-state index contributed by atoms with van der Waals surface area (Å²) < 4.78 is 7.35. The van der Waals surface area contributed by atoms with Crippen molar-refractivity contribution in [2.45, 2.75) is 5.92 Å². The Hall–Kier alpha value is -2.46. The van der Waals surface area contributed by atoms with E-state index in [-0.39, 0.29) is 32.1 Å². The van der Waals surface area contributed by atoms with E-state index in [2.05, 4.69) is 0 Å². The predicted molar refractivity (Wildman–Crippen MR) is 118 cm³/mol. The van der Waals surface area contributed by atoms with Gasteiger partial charge in [0, 0.05) is 0 Å². The summed E-state index contributed by atoms with van der Waals surface area (Å²) in [7, 11) is 1.65. The normalized spacial score (nSPS) is 15.8. The van der Waals surface area contributed by atoms with Crippen molar-refractivity contribution >= 4 is 58.1 Å². The van der Waals surface area contributed by atoms with E-state index in [4.69, 9.17) is 16.3 Å². The van der Waals surface area contributed by atoms with Gasteiger partial charge in [-0.3, -0.25) is 0 Å². The number of anilines is 1. The molecule has 6 heteroatoms. The van der Waals surface area contributed by atoms with Crippen LogP contribution in [0.15, 0.2) is 54.6 Å². The Morgan fingerprint density at radius 2 is 2.00 bits per heavy atom. The van der Waals surface area contributed by atoms with Crippen molar-refractivity contribution in [1.29, 1.82) is 0 Å². The second-order valence-corrected chi connectivity index (χ2v) is 9.65. The van der Waals surface area contributed by atoms with E-state index >= 15 is 0 Å². The fraction of sp³-hybridized carbons (Fsp3) is 0.174. The van der Waals surface area contributed by atoms with Crippen LogP contribution in [0.4, 0.5) is 5.69 Å². The van der Waals surface area contributed by atoms with Gasteiger partial charge < -0.3 is 0 Å². The molecule has 0 aliphatic carbocycles. The Bertz CT molecular complexity index is 1270. The molecule has 2 heterocycles. The van der Waals surface area contributed by atoms with E-state index in [1.807, 2.05) is 48.5 Å². The number of ether oxygens (including phenoxy) is 1. The first kappa shape index (κ1) is 18.6. The predicted octanol–water partition coefficient (Wildman–Crippen LogP) is 4.75. The molecule has 1 amide bonds. The van der Waals surface area contributed by atoms with Crippen molar-refractivity contribution in [2.24, 2.45) is 0 Å². The maximum atomic E-state index is 13.5. The molecule has 0 radical (unpaired) electrons. The van der Waals surface area contributed by atoms with Gasteiger partial charge in [-0.05, 0) is 0 Å². The number of amides is 1. The van der Waals surface area contributed by atoms with Crippen LogP contribution in [0.5, 0.6) is 11.5 Å². The molecular formula is C23H18ClNO3Se. The van der Waals surface area contributed by atoms with Crippen molar-refractivity contribution in [2.75, 3.05) is 24.4 Å². The number of halogens is 1. The summed E-state index contributed by atoms with van der Waals surface area (Å²) in [6.45, 7) is 0.520. The van der Waals surface area contributed by atoms with Gasteiger partial charge in [0.2, 0.25) is 0 Å². The fourth-order valence-corrected chi connectivity index (χ4v) is 6.74. The van der Waals surface area contributed by atoms with E-state index < -0.39 is 0 Å². The molecule has 1 atom stereocenters. The van der Waals surface area contributed by atoms with Crippen molar-refractivity contribution in [1.82, 2.24) is 0 Å². The Balaban J connectivity index is 1.64. The molecule has 0 spiro atoms. The summed E-state index contributed by atoms with van der Waals surface area (Å²) in [5, 5.41) is 13.4. The minimum atomic E-state index is -0.128. The van der Waals surface area contributed by atoms with Crippen LogP contribution < -0.4 is 9.64 Å². The average Bonchev–Trinajstić information content (AvgIpc) is 3.35. The molecule has 0 saturated carbocycles. The van der Waals surface area contributed by atoms with E-state index in [1.54, 1.807) is 18.1 Å². The van der Waals surface area contributed by atoms with Crippen molar-refractivity contribution in [3.05, 3.63) is 64.6 Å². The molecule has 4 aromatic rings. The number of aromatic hydroxyl groups is 1. The van der Waals surface area contributed by atoms with Crippen molar-refractivity contribution in [3.63, 3.8) is 0 Å². The Kier molecular flexibility index (Phi) is 4.54. The first-order valence-corrected chi connectivity index (χ1v) is 11.6. The summed E-state index contributed by atoms with van der Waals surface area (Å²) in [6, 6.07) is 17.3. The van der Waals surface area contributed by atoms with Crippen LogP contribution >= 0.6 is 11.6 Å². The van der Waals surface area contributed by atoms with Crippen LogP contribution in [0.25, 0.3) is 20.4 Å². The summed E-state index contributed by atoms with van der Waals surface area (Å²) in [4.78, 5) is 15.3. The molecule has 29 heavy (non-hydrogen) atoms. The quantitative estimate of drug-likeness (QED) is 0.347. The van der Waals surface area contributed by atoms with Gasteiger partial charge in [0.15, 0.2) is 0 Å². The van der Waals surface area contributed by atoms with Gasteiger partial charge in [0.1, 0.15) is 0 Å². The number of rotatable bonds is 3. The van der Waals surface area contributed by atoms with E-state index in [1.165, 1.54) is 0 Å². The average molecular weight is 471 g/mol. The number of nitrogens with zero attached hydrogens (tertiary/aromatic N) is 1. The molecule has 1 aliphatic rings. The van der Waals surface area contributed by atoms with Crippen molar-refractivity contribution < 1.29 is 14.6 Å². The number of carbonyl (C=O) groups is 1. The molecular weight excluding hydrogens is 453 g/mol.